The lowest BCUT2D eigenvalue weighted by atomic mass is 9.92. The molecule has 3 fully saturated rings. The van der Waals surface area contributed by atoms with E-state index in [2.05, 4.69) is 21.1 Å². The summed E-state index contributed by atoms with van der Waals surface area (Å²) in [6.07, 6.45) is 3.04. The second-order valence-electron chi connectivity index (χ2n) is 7.26. The lowest BCUT2D eigenvalue weighted by Gasteiger charge is -2.24. The standard InChI is InChI=1S/C18H25ClN4O/c19-15-3-1-12(2-4-15)16-9-17(22-21-16)18(24)23-7-5-13-10-20-11-14(13)6-8-23/h1-4,13-14,16-17,20-22H,5-11H2/t13-,14+,16?,17?. The quantitative estimate of drug-likeness (QED) is 0.761. The van der Waals surface area contributed by atoms with E-state index in [1.54, 1.807) is 0 Å². The summed E-state index contributed by atoms with van der Waals surface area (Å²) in [6, 6.07) is 7.86. The number of carbonyl (C=O) groups excluding carboxylic acids is 1. The minimum Gasteiger partial charge on any atom is -0.341 e. The van der Waals surface area contributed by atoms with Gasteiger partial charge < -0.3 is 10.2 Å². The third-order valence-electron chi connectivity index (χ3n) is 5.80. The van der Waals surface area contributed by atoms with Gasteiger partial charge in [0.1, 0.15) is 6.04 Å². The van der Waals surface area contributed by atoms with Gasteiger partial charge in [0, 0.05) is 24.2 Å². The first kappa shape index (κ1) is 16.3. The van der Waals surface area contributed by atoms with Crippen molar-refractivity contribution in [1.29, 1.82) is 0 Å². The number of rotatable bonds is 2. The molecule has 0 spiro atoms. The molecule has 24 heavy (non-hydrogen) atoms. The minimum atomic E-state index is -0.137. The molecule has 0 aromatic heterocycles. The molecule has 1 aromatic carbocycles. The zero-order chi connectivity index (χ0) is 16.5. The molecular weight excluding hydrogens is 324 g/mol. The normalized spacial score (nSPS) is 33.3. The molecule has 3 saturated heterocycles. The average Bonchev–Trinajstić information content (AvgIpc) is 3.21. The number of amides is 1. The summed E-state index contributed by atoms with van der Waals surface area (Å²) in [4.78, 5) is 15.0. The summed E-state index contributed by atoms with van der Waals surface area (Å²) < 4.78 is 0. The largest absolute Gasteiger partial charge is 0.341 e. The Morgan fingerprint density at radius 3 is 2.38 bits per heavy atom. The molecule has 3 N–H and O–H groups in total. The molecule has 1 amide bonds. The molecule has 0 saturated carbocycles. The number of halogens is 1. The molecular formula is C18H25ClN4O. The summed E-state index contributed by atoms with van der Waals surface area (Å²) in [5.41, 5.74) is 7.63. The van der Waals surface area contributed by atoms with Crippen LogP contribution in [-0.4, -0.2) is 43.0 Å². The average molecular weight is 349 g/mol. The number of carbonyl (C=O) groups is 1. The Morgan fingerprint density at radius 2 is 1.71 bits per heavy atom. The van der Waals surface area contributed by atoms with E-state index in [-0.39, 0.29) is 18.0 Å². The minimum absolute atomic E-state index is 0.137. The number of benzene rings is 1. The molecule has 3 aliphatic rings. The van der Waals surface area contributed by atoms with Crippen LogP contribution in [0.15, 0.2) is 24.3 Å². The molecule has 1 aromatic rings. The van der Waals surface area contributed by atoms with E-state index < -0.39 is 0 Å². The van der Waals surface area contributed by atoms with Crippen LogP contribution in [0.4, 0.5) is 0 Å². The molecule has 3 heterocycles. The molecule has 2 unspecified atom stereocenters. The molecule has 0 aliphatic carbocycles. The van der Waals surface area contributed by atoms with Crippen LogP contribution in [0.5, 0.6) is 0 Å². The fourth-order valence-corrected chi connectivity index (χ4v) is 4.42. The fraction of sp³-hybridized carbons (Fsp3) is 0.611. The van der Waals surface area contributed by atoms with Gasteiger partial charge in [0.05, 0.1) is 0 Å². The number of hydrogen-bond acceptors (Lipinski definition) is 4. The Balaban J connectivity index is 1.36. The van der Waals surface area contributed by atoms with E-state index in [0.717, 1.165) is 62.3 Å². The van der Waals surface area contributed by atoms with Gasteiger partial charge in [-0.15, -0.1) is 0 Å². The first-order valence-electron chi connectivity index (χ1n) is 8.97. The summed E-state index contributed by atoms with van der Waals surface area (Å²) in [5.74, 6) is 1.74. The highest BCUT2D eigenvalue weighted by Crippen LogP contribution is 2.29. The van der Waals surface area contributed by atoms with Gasteiger partial charge in [0.25, 0.3) is 0 Å². The van der Waals surface area contributed by atoms with Gasteiger partial charge in [0.2, 0.25) is 5.91 Å². The number of hydrazine groups is 1. The first-order valence-corrected chi connectivity index (χ1v) is 9.34. The van der Waals surface area contributed by atoms with Gasteiger partial charge in [0.15, 0.2) is 0 Å². The fourth-order valence-electron chi connectivity index (χ4n) is 4.29. The lowest BCUT2D eigenvalue weighted by molar-refractivity contribution is -0.133. The van der Waals surface area contributed by atoms with Crippen molar-refractivity contribution < 1.29 is 4.79 Å². The maximum atomic E-state index is 12.9. The summed E-state index contributed by atoms with van der Waals surface area (Å²) in [5, 5.41) is 4.22. The molecule has 4 atom stereocenters. The SMILES string of the molecule is O=C(C1CC(c2ccc(Cl)cc2)NN1)N1CC[C@@H]2CNC[C@@H]2CC1. The van der Waals surface area contributed by atoms with Gasteiger partial charge >= 0.3 is 0 Å². The number of nitrogens with one attached hydrogen (secondary N) is 3. The van der Waals surface area contributed by atoms with Crippen LogP contribution in [-0.2, 0) is 4.79 Å². The van der Waals surface area contributed by atoms with Gasteiger partial charge in [-0.05, 0) is 61.9 Å². The summed E-state index contributed by atoms with van der Waals surface area (Å²) in [7, 11) is 0. The Bertz CT molecular complexity index is 579. The van der Waals surface area contributed by atoms with Crippen LogP contribution in [0.25, 0.3) is 0 Å². The van der Waals surface area contributed by atoms with Crippen molar-refractivity contribution in [2.75, 3.05) is 26.2 Å². The molecule has 4 rings (SSSR count). The Morgan fingerprint density at radius 1 is 1.04 bits per heavy atom. The van der Waals surface area contributed by atoms with E-state index in [1.807, 2.05) is 24.3 Å². The number of nitrogens with zero attached hydrogens (tertiary/aromatic N) is 1. The lowest BCUT2D eigenvalue weighted by Crippen LogP contribution is -2.46. The van der Waals surface area contributed by atoms with E-state index in [9.17, 15) is 4.79 Å². The van der Waals surface area contributed by atoms with Gasteiger partial charge in [-0.1, -0.05) is 23.7 Å². The van der Waals surface area contributed by atoms with Crippen LogP contribution >= 0.6 is 11.6 Å². The van der Waals surface area contributed by atoms with Crippen LogP contribution in [0.2, 0.25) is 5.02 Å². The van der Waals surface area contributed by atoms with Crippen LogP contribution in [0.1, 0.15) is 30.9 Å². The maximum absolute atomic E-state index is 12.9. The Labute approximate surface area is 148 Å². The van der Waals surface area contributed by atoms with Crippen molar-refractivity contribution in [3.8, 4) is 0 Å². The van der Waals surface area contributed by atoms with Gasteiger partial charge in [-0.2, -0.15) is 0 Å². The molecule has 5 nitrogen and oxygen atoms in total. The van der Waals surface area contributed by atoms with Crippen molar-refractivity contribution in [3.05, 3.63) is 34.9 Å². The topological polar surface area (TPSA) is 56.4 Å². The Hall–Kier alpha value is -1.14. The van der Waals surface area contributed by atoms with Crippen molar-refractivity contribution in [3.63, 3.8) is 0 Å². The highest BCUT2D eigenvalue weighted by molar-refractivity contribution is 6.30. The van der Waals surface area contributed by atoms with Crippen molar-refractivity contribution in [2.24, 2.45) is 11.8 Å². The number of fused-ring (bicyclic) bond motifs is 1. The zero-order valence-corrected chi connectivity index (χ0v) is 14.6. The molecule has 6 heteroatoms. The van der Waals surface area contributed by atoms with Gasteiger partial charge in [-0.3, -0.25) is 4.79 Å². The summed E-state index contributed by atoms with van der Waals surface area (Å²) >= 11 is 5.95. The molecule has 0 bridgehead atoms. The number of likely N-dealkylation sites (tertiary alicyclic amines) is 1. The predicted molar refractivity (Wildman–Crippen MR) is 94.5 cm³/mol. The first-order chi connectivity index (χ1) is 11.7. The van der Waals surface area contributed by atoms with E-state index >= 15 is 0 Å². The maximum Gasteiger partial charge on any atom is 0.241 e. The van der Waals surface area contributed by atoms with E-state index in [0.29, 0.717) is 0 Å². The second kappa shape index (κ2) is 7.00. The van der Waals surface area contributed by atoms with Crippen LogP contribution in [0, 0.1) is 11.8 Å². The smallest absolute Gasteiger partial charge is 0.241 e. The van der Waals surface area contributed by atoms with E-state index in [1.165, 1.54) is 5.56 Å². The Kier molecular flexibility index (Phi) is 4.77. The highest BCUT2D eigenvalue weighted by atomic mass is 35.5. The number of hydrogen-bond donors (Lipinski definition) is 3. The molecule has 130 valence electrons. The third kappa shape index (κ3) is 3.31. The van der Waals surface area contributed by atoms with Crippen LogP contribution < -0.4 is 16.2 Å². The van der Waals surface area contributed by atoms with Gasteiger partial charge in [-0.25, -0.2) is 10.9 Å². The van der Waals surface area contributed by atoms with Crippen molar-refractivity contribution in [2.45, 2.75) is 31.3 Å². The second-order valence-corrected chi connectivity index (χ2v) is 7.70. The van der Waals surface area contributed by atoms with Crippen molar-refractivity contribution >= 4 is 17.5 Å². The van der Waals surface area contributed by atoms with Crippen LogP contribution in [0.3, 0.4) is 0 Å². The predicted octanol–water partition coefficient (Wildman–Crippen LogP) is 1.71. The molecule has 0 radical (unpaired) electrons. The zero-order valence-electron chi connectivity index (χ0n) is 13.8. The molecule has 3 aliphatic heterocycles. The monoisotopic (exact) mass is 348 g/mol. The highest BCUT2D eigenvalue weighted by Gasteiger charge is 2.36. The third-order valence-corrected chi connectivity index (χ3v) is 6.06. The van der Waals surface area contributed by atoms with Crippen molar-refractivity contribution in [1.82, 2.24) is 21.1 Å². The van der Waals surface area contributed by atoms with E-state index in [4.69, 9.17) is 11.6 Å². The summed E-state index contributed by atoms with van der Waals surface area (Å²) in [6.45, 7) is 4.03.